The summed E-state index contributed by atoms with van der Waals surface area (Å²) in [5.74, 6) is 0. The summed E-state index contributed by atoms with van der Waals surface area (Å²) in [7, 11) is 0. The van der Waals surface area contributed by atoms with Crippen molar-refractivity contribution >= 4 is 0 Å². The monoisotopic (exact) mass is 213 g/mol. The lowest BCUT2D eigenvalue weighted by Crippen LogP contribution is -1.92. The van der Waals surface area contributed by atoms with E-state index in [2.05, 4.69) is 36.2 Å². The van der Waals surface area contributed by atoms with Crippen LogP contribution in [0.25, 0.3) is 0 Å². The summed E-state index contributed by atoms with van der Waals surface area (Å²) in [5.41, 5.74) is 4.54. The second-order valence-electron chi connectivity index (χ2n) is 4.02. The van der Waals surface area contributed by atoms with Crippen molar-refractivity contribution < 1.29 is 5.11 Å². The number of aromatic nitrogens is 1. The fourth-order valence-corrected chi connectivity index (χ4v) is 1.67. The zero-order valence-corrected chi connectivity index (χ0v) is 9.35. The molecule has 0 aliphatic rings. The third-order valence-corrected chi connectivity index (χ3v) is 2.56. The minimum atomic E-state index is 0.0503. The van der Waals surface area contributed by atoms with E-state index in [4.69, 9.17) is 5.11 Å². The van der Waals surface area contributed by atoms with E-state index in [0.29, 0.717) is 0 Å². The summed E-state index contributed by atoms with van der Waals surface area (Å²) in [4.78, 5) is 4.11. The molecule has 1 heterocycles. The van der Waals surface area contributed by atoms with Crippen molar-refractivity contribution in [1.82, 2.24) is 4.98 Å². The van der Waals surface area contributed by atoms with Gasteiger partial charge in [-0.1, -0.05) is 35.9 Å². The van der Waals surface area contributed by atoms with E-state index in [1.165, 1.54) is 11.1 Å². The predicted octanol–water partition coefficient (Wildman–Crippen LogP) is 2.47. The van der Waals surface area contributed by atoms with Gasteiger partial charge < -0.3 is 5.11 Å². The van der Waals surface area contributed by atoms with Gasteiger partial charge in [-0.05, 0) is 30.0 Å². The predicted molar refractivity (Wildman–Crippen MR) is 64.1 cm³/mol. The Kier molecular flexibility index (Phi) is 3.32. The largest absolute Gasteiger partial charge is 0.392 e. The Balaban J connectivity index is 2.16. The molecule has 0 radical (unpaired) electrons. The van der Waals surface area contributed by atoms with Gasteiger partial charge in [-0.2, -0.15) is 0 Å². The van der Waals surface area contributed by atoms with Gasteiger partial charge >= 0.3 is 0 Å². The first-order valence-corrected chi connectivity index (χ1v) is 5.37. The Hall–Kier alpha value is -1.67. The Morgan fingerprint density at radius 1 is 1.00 bits per heavy atom. The Morgan fingerprint density at radius 3 is 2.38 bits per heavy atom. The summed E-state index contributed by atoms with van der Waals surface area (Å²) in [6.45, 7) is 2.13. The fourth-order valence-electron chi connectivity index (χ4n) is 1.67. The number of aryl methyl sites for hydroxylation is 1. The van der Waals surface area contributed by atoms with Gasteiger partial charge in [0.15, 0.2) is 0 Å². The molecule has 0 fully saturated rings. The van der Waals surface area contributed by atoms with Gasteiger partial charge in [0.1, 0.15) is 0 Å². The van der Waals surface area contributed by atoms with Gasteiger partial charge in [0.25, 0.3) is 0 Å². The number of aliphatic hydroxyl groups excluding tert-OH is 1. The van der Waals surface area contributed by atoms with Crippen LogP contribution in [0.5, 0.6) is 0 Å². The van der Waals surface area contributed by atoms with E-state index in [1.807, 2.05) is 12.3 Å². The third kappa shape index (κ3) is 2.67. The average Bonchev–Trinajstić information content (AvgIpc) is 2.32. The summed E-state index contributed by atoms with van der Waals surface area (Å²) >= 11 is 0. The molecule has 0 amide bonds. The van der Waals surface area contributed by atoms with Crippen LogP contribution in [-0.2, 0) is 13.0 Å². The van der Waals surface area contributed by atoms with Gasteiger partial charge in [-0.25, -0.2) is 0 Å². The van der Waals surface area contributed by atoms with Gasteiger partial charge in [-0.15, -0.1) is 0 Å². The first-order valence-electron chi connectivity index (χ1n) is 5.37. The molecule has 2 aromatic rings. The highest BCUT2D eigenvalue weighted by molar-refractivity contribution is 5.28. The number of rotatable bonds is 3. The highest BCUT2D eigenvalue weighted by Crippen LogP contribution is 2.11. The van der Waals surface area contributed by atoms with Crippen LogP contribution in [0.3, 0.4) is 0 Å². The normalized spacial score (nSPS) is 10.4. The van der Waals surface area contributed by atoms with E-state index in [0.717, 1.165) is 17.5 Å². The second kappa shape index (κ2) is 4.90. The molecule has 2 rings (SSSR count). The molecule has 0 saturated heterocycles. The lowest BCUT2D eigenvalue weighted by Gasteiger charge is -2.03. The number of hydrogen-bond donors (Lipinski definition) is 1. The Labute approximate surface area is 95.6 Å². The molecule has 0 atom stereocenters. The molecular formula is C14H15NO. The smallest absolute Gasteiger partial charge is 0.0696 e. The van der Waals surface area contributed by atoms with Crippen LogP contribution >= 0.6 is 0 Å². The van der Waals surface area contributed by atoms with E-state index < -0.39 is 0 Å². The SMILES string of the molecule is Cc1ccc(Cc2cncc(CO)c2)cc1. The quantitative estimate of drug-likeness (QED) is 0.849. The standard InChI is InChI=1S/C14H15NO/c1-11-2-4-12(5-3-11)6-13-7-14(10-16)9-15-8-13/h2-5,7-9,16H,6,10H2,1H3. The maximum atomic E-state index is 9.02. The van der Waals surface area contributed by atoms with Gasteiger partial charge in [0.05, 0.1) is 6.61 Å². The Morgan fingerprint density at radius 2 is 1.69 bits per heavy atom. The Bertz CT molecular complexity index is 462. The maximum Gasteiger partial charge on any atom is 0.0696 e. The van der Waals surface area contributed by atoms with Crippen molar-refractivity contribution in [2.45, 2.75) is 20.0 Å². The van der Waals surface area contributed by atoms with E-state index >= 15 is 0 Å². The molecule has 16 heavy (non-hydrogen) atoms. The molecule has 0 aliphatic carbocycles. The third-order valence-electron chi connectivity index (χ3n) is 2.56. The van der Waals surface area contributed by atoms with E-state index in [-0.39, 0.29) is 6.61 Å². The summed E-state index contributed by atoms with van der Waals surface area (Å²) < 4.78 is 0. The van der Waals surface area contributed by atoms with E-state index in [9.17, 15) is 0 Å². The van der Waals surface area contributed by atoms with Crippen LogP contribution in [-0.4, -0.2) is 10.1 Å². The summed E-state index contributed by atoms with van der Waals surface area (Å²) in [6.07, 6.45) is 4.40. The van der Waals surface area contributed by atoms with Crippen LogP contribution in [0.15, 0.2) is 42.7 Å². The van der Waals surface area contributed by atoms with Crippen molar-refractivity contribution in [2.75, 3.05) is 0 Å². The van der Waals surface area contributed by atoms with Gasteiger partial charge in [0, 0.05) is 12.4 Å². The first kappa shape index (κ1) is 10.8. The highest BCUT2D eigenvalue weighted by Gasteiger charge is 1.98. The van der Waals surface area contributed by atoms with Crippen molar-refractivity contribution in [3.05, 3.63) is 65.0 Å². The number of benzene rings is 1. The van der Waals surface area contributed by atoms with Crippen molar-refractivity contribution in [3.8, 4) is 0 Å². The maximum absolute atomic E-state index is 9.02. The number of hydrogen-bond acceptors (Lipinski definition) is 2. The molecule has 0 saturated carbocycles. The molecule has 82 valence electrons. The van der Waals surface area contributed by atoms with Crippen LogP contribution in [0.4, 0.5) is 0 Å². The molecule has 0 bridgehead atoms. The number of pyridine rings is 1. The first-order chi connectivity index (χ1) is 7.78. The van der Waals surface area contributed by atoms with Gasteiger partial charge in [-0.3, -0.25) is 4.98 Å². The van der Waals surface area contributed by atoms with E-state index in [1.54, 1.807) is 6.20 Å². The highest BCUT2D eigenvalue weighted by atomic mass is 16.3. The van der Waals surface area contributed by atoms with Gasteiger partial charge in [0.2, 0.25) is 0 Å². The zero-order chi connectivity index (χ0) is 11.4. The zero-order valence-electron chi connectivity index (χ0n) is 9.35. The molecule has 2 heteroatoms. The molecule has 1 N–H and O–H groups in total. The van der Waals surface area contributed by atoms with Crippen molar-refractivity contribution in [1.29, 1.82) is 0 Å². The molecule has 2 nitrogen and oxygen atoms in total. The number of aliphatic hydroxyl groups is 1. The molecule has 1 aromatic heterocycles. The van der Waals surface area contributed by atoms with Crippen molar-refractivity contribution in [2.24, 2.45) is 0 Å². The molecular weight excluding hydrogens is 198 g/mol. The molecule has 0 aliphatic heterocycles. The van der Waals surface area contributed by atoms with Crippen LogP contribution < -0.4 is 0 Å². The average molecular weight is 213 g/mol. The van der Waals surface area contributed by atoms with Crippen LogP contribution in [0.2, 0.25) is 0 Å². The lowest BCUT2D eigenvalue weighted by molar-refractivity contribution is 0.281. The minimum Gasteiger partial charge on any atom is -0.392 e. The molecule has 0 spiro atoms. The lowest BCUT2D eigenvalue weighted by atomic mass is 10.0. The molecule has 0 unspecified atom stereocenters. The van der Waals surface area contributed by atoms with Crippen LogP contribution in [0, 0.1) is 6.92 Å². The second-order valence-corrected chi connectivity index (χ2v) is 4.02. The van der Waals surface area contributed by atoms with Crippen LogP contribution in [0.1, 0.15) is 22.3 Å². The summed E-state index contributed by atoms with van der Waals surface area (Å²) in [5, 5.41) is 9.02. The van der Waals surface area contributed by atoms with Crippen molar-refractivity contribution in [3.63, 3.8) is 0 Å². The fraction of sp³-hybridized carbons (Fsp3) is 0.214. The molecule has 1 aromatic carbocycles. The summed E-state index contributed by atoms with van der Waals surface area (Å²) in [6, 6.07) is 10.5. The minimum absolute atomic E-state index is 0.0503. The number of nitrogens with zero attached hydrogens (tertiary/aromatic N) is 1. The topological polar surface area (TPSA) is 33.1 Å².